The molecule has 2 aliphatic rings. The Hall–Kier alpha value is -4.77. The number of carboxylic acid groups (broad SMARTS) is 1. The standard InChI is InChI=1S/C32H59N11O7.C2HF3O2/c33-14-6-4-10-22-29(47)39-20-50-17-13-24(43-32(35)36)28(46)38-19-27(45)37-16-12-26(44)40-25(18-21-8-2-1-3-9-21)31(49)42-23(30(48)41-22)11-5-7-15-34;3-2(4,5)1(6)7/h21-25H,1-20,33-34H2,(H,37,45)(H,38,46)(H,39,47)(H,40,44)(H,41,48)(H,42,49)(H4,35,36,43);(H,6,7)/t22-,23-,24+,25+;/m0./s1. The van der Waals surface area contributed by atoms with E-state index >= 15 is 0 Å². The average Bonchev–Trinajstić information content (AvgIpc) is 3.15. The Balaban J connectivity index is 0.00000211. The van der Waals surface area contributed by atoms with E-state index in [4.69, 9.17) is 37.6 Å². The summed E-state index contributed by atoms with van der Waals surface area (Å²) >= 11 is 0. The second-order valence-corrected chi connectivity index (χ2v) is 13.6. The third-order valence-electron chi connectivity index (χ3n) is 8.94. The number of halogens is 3. The largest absolute Gasteiger partial charge is 0.490 e. The molecule has 0 aromatic carbocycles. The number of hydrogen-bond acceptors (Lipinski definition) is 11. The van der Waals surface area contributed by atoms with Gasteiger partial charge in [-0.3, -0.25) is 28.8 Å². The number of unbranched alkanes of at least 4 members (excludes halogenated alkanes) is 2. The van der Waals surface area contributed by atoms with Gasteiger partial charge >= 0.3 is 12.1 Å². The van der Waals surface area contributed by atoms with E-state index in [0.717, 1.165) is 32.1 Å². The molecule has 0 aromatic rings. The van der Waals surface area contributed by atoms with Crippen molar-refractivity contribution in [3.05, 3.63) is 0 Å². The van der Waals surface area contributed by atoms with E-state index < -0.39 is 78.3 Å². The summed E-state index contributed by atoms with van der Waals surface area (Å²) in [6, 6.07) is -3.92. The van der Waals surface area contributed by atoms with E-state index in [1.807, 2.05) is 0 Å². The molecule has 1 aliphatic heterocycles. The lowest BCUT2D eigenvalue weighted by Gasteiger charge is -2.29. The maximum atomic E-state index is 13.8. The number of hydrogen-bond donors (Lipinski definition) is 11. The van der Waals surface area contributed by atoms with E-state index in [1.54, 1.807) is 0 Å². The molecular formula is C34H60F3N11O9. The minimum Gasteiger partial charge on any atom is -0.475 e. The van der Waals surface area contributed by atoms with Crippen LogP contribution in [-0.4, -0.2) is 122 Å². The molecule has 0 aromatic heterocycles. The van der Waals surface area contributed by atoms with Crippen LogP contribution in [-0.2, 0) is 38.3 Å². The second kappa shape index (κ2) is 27.8. The third kappa shape index (κ3) is 22.5. The number of carboxylic acids is 1. The maximum absolute atomic E-state index is 13.8. The number of alkyl halides is 3. The summed E-state index contributed by atoms with van der Waals surface area (Å²) in [5.74, 6) is -6.06. The van der Waals surface area contributed by atoms with Crippen molar-refractivity contribution in [2.24, 2.45) is 33.8 Å². The number of ether oxygens (including phenoxy) is 1. The Kier molecular flexibility index (Phi) is 24.5. The Bertz CT molecular complexity index is 1330. The van der Waals surface area contributed by atoms with Gasteiger partial charge in [0.15, 0.2) is 5.96 Å². The smallest absolute Gasteiger partial charge is 0.475 e. The van der Waals surface area contributed by atoms with Crippen molar-refractivity contribution in [2.45, 2.75) is 120 Å². The molecule has 1 saturated heterocycles. The summed E-state index contributed by atoms with van der Waals surface area (Å²) in [6.45, 7) is 0.114. The number of guanidine groups is 1. The quantitative estimate of drug-likeness (QED) is 0.0615. The maximum Gasteiger partial charge on any atom is 0.490 e. The van der Waals surface area contributed by atoms with Gasteiger partial charge in [0, 0.05) is 19.4 Å². The van der Waals surface area contributed by atoms with Crippen LogP contribution in [0.2, 0.25) is 0 Å². The van der Waals surface area contributed by atoms with Crippen molar-refractivity contribution < 1.29 is 56.6 Å². The molecule has 1 aliphatic carbocycles. The van der Waals surface area contributed by atoms with Gasteiger partial charge in [-0.15, -0.1) is 0 Å². The molecule has 0 unspecified atom stereocenters. The fourth-order valence-electron chi connectivity index (χ4n) is 5.93. The summed E-state index contributed by atoms with van der Waals surface area (Å²) in [5.41, 5.74) is 22.3. The summed E-state index contributed by atoms with van der Waals surface area (Å²) in [6.07, 6.45) is 3.17. The number of aliphatic carboxylic acids is 1. The highest BCUT2D eigenvalue weighted by atomic mass is 19.4. The summed E-state index contributed by atoms with van der Waals surface area (Å²) in [7, 11) is 0. The van der Waals surface area contributed by atoms with Crippen LogP contribution in [0.1, 0.15) is 89.9 Å². The normalized spacial score (nSPS) is 23.2. The number of nitrogens with two attached hydrogens (primary N) is 4. The van der Waals surface area contributed by atoms with E-state index in [2.05, 4.69) is 36.9 Å². The minimum absolute atomic E-state index is 0.0298. The molecule has 326 valence electrons. The molecule has 4 atom stereocenters. The molecule has 1 heterocycles. The van der Waals surface area contributed by atoms with Gasteiger partial charge in [-0.1, -0.05) is 32.1 Å². The van der Waals surface area contributed by atoms with Crippen molar-refractivity contribution >= 4 is 47.4 Å². The molecule has 57 heavy (non-hydrogen) atoms. The van der Waals surface area contributed by atoms with Crippen LogP contribution in [0.25, 0.3) is 0 Å². The molecule has 15 N–H and O–H groups in total. The van der Waals surface area contributed by atoms with Gasteiger partial charge in [0.2, 0.25) is 35.4 Å². The second-order valence-electron chi connectivity index (χ2n) is 13.6. The van der Waals surface area contributed by atoms with Crippen LogP contribution in [0, 0.1) is 5.92 Å². The lowest BCUT2D eigenvalue weighted by Crippen LogP contribution is -2.57. The Labute approximate surface area is 329 Å². The molecule has 0 bridgehead atoms. The minimum atomic E-state index is -5.08. The van der Waals surface area contributed by atoms with Crippen LogP contribution >= 0.6 is 0 Å². The van der Waals surface area contributed by atoms with Gasteiger partial charge in [-0.25, -0.2) is 9.79 Å². The van der Waals surface area contributed by atoms with E-state index in [9.17, 15) is 41.9 Å². The van der Waals surface area contributed by atoms with Crippen molar-refractivity contribution in [3.63, 3.8) is 0 Å². The number of nitrogens with zero attached hydrogens (tertiary/aromatic N) is 1. The lowest BCUT2D eigenvalue weighted by molar-refractivity contribution is -0.192. The van der Waals surface area contributed by atoms with Crippen molar-refractivity contribution in [1.82, 2.24) is 31.9 Å². The fraction of sp³-hybridized carbons (Fsp3) is 0.765. The van der Waals surface area contributed by atoms with Crippen LogP contribution in [0.15, 0.2) is 4.99 Å². The molecule has 0 radical (unpaired) electrons. The van der Waals surface area contributed by atoms with E-state index in [1.165, 1.54) is 0 Å². The monoisotopic (exact) mass is 823 g/mol. The van der Waals surface area contributed by atoms with E-state index in [0.29, 0.717) is 45.2 Å². The van der Waals surface area contributed by atoms with Crippen LogP contribution in [0.5, 0.6) is 0 Å². The topological polar surface area (TPSA) is 338 Å². The van der Waals surface area contributed by atoms with Crippen LogP contribution < -0.4 is 54.8 Å². The van der Waals surface area contributed by atoms with Gasteiger partial charge in [-0.05, 0) is 64.0 Å². The summed E-state index contributed by atoms with van der Waals surface area (Å²) in [5, 5.41) is 23.2. The first kappa shape index (κ1) is 50.2. The first-order chi connectivity index (χ1) is 27.0. The number of nitrogens with one attached hydrogen (secondary N) is 6. The van der Waals surface area contributed by atoms with Crippen LogP contribution in [0.4, 0.5) is 13.2 Å². The molecule has 0 spiro atoms. The van der Waals surface area contributed by atoms with Gasteiger partial charge in [0.25, 0.3) is 0 Å². The third-order valence-corrected chi connectivity index (χ3v) is 8.94. The van der Waals surface area contributed by atoms with Gasteiger partial charge in [0.1, 0.15) is 30.9 Å². The highest BCUT2D eigenvalue weighted by molar-refractivity contribution is 5.94. The predicted octanol–water partition coefficient (Wildman–Crippen LogP) is -1.94. The Morgan fingerprint density at radius 3 is 1.84 bits per heavy atom. The van der Waals surface area contributed by atoms with Crippen molar-refractivity contribution in [2.75, 3.05) is 39.5 Å². The SMILES string of the molecule is NCCCC[C@@H]1NC(=O)[C@H](CCCCN)NC(=O)[C@@H](CC2CCCCC2)NC(=O)CCNC(=O)CNC(=O)[C@H](N=C(N)N)CCOCNC1=O.O=C(O)C(F)(F)F. The molecule has 23 heteroatoms. The lowest BCUT2D eigenvalue weighted by atomic mass is 9.84. The Morgan fingerprint density at radius 2 is 1.30 bits per heavy atom. The molecule has 1 saturated carbocycles. The highest BCUT2D eigenvalue weighted by Gasteiger charge is 2.38. The van der Waals surface area contributed by atoms with Gasteiger partial charge in [-0.2, -0.15) is 13.2 Å². The number of amides is 6. The van der Waals surface area contributed by atoms with Crippen molar-refractivity contribution in [3.8, 4) is 0 Å². The Morgan fingerprint density at radius 1 is 0.737 bits per heavy atom. The summed E-state index contributed by atoms with van der Waals surface area (Å²) < 4.78 is 37.3. The zero-order chi connectivity index (χ0) is 42.8. The zero-order valence-corrected chi connectivity index (χ0v) is 32.1. The molecule has 6 amide bonds. The number of rotatable bonds is 11. The zero-order valence-electron chi connectivity index (χ0n) is 32.1. The molecule has 20 nitrogen and oxygen atoms in total. The molecular weight excluding hydrogens is 763 g/mol. The highest BCUT2D eigenvalue weighted by Crippen LogP contribution is 2.27. The molecule has 2 fully saturated rings. The van der Waals surface area contributed by atoms with Gasteiger partial charge < -0.3 is 64.7 Å². The van der Waals surface area contributed by atoms with Gasteiger partial charge in [0.05, 0.1) is 13.2 Å². The number of carbonyl (C=O) groups excluding carboxylic acids is 6. The van der Waals surface area contributed by atoms with Crippen LogP contribution in [0.3, 0.4) is 0 Å². The number of carbonyl (C=O) groups is 7. The van der Waals surface area contributed by atoms with E-state index in [-0.39, 0.29) is 57.4 Å². The predicted molar refractivity (Wildman–Crippen MR) is 200 cm³/mol. The first-order valence-corrected chi connectivity index (χ1v) is 19.1. The summed E-state index contributed by atoms with van der Waals surface area (Å²) in [4.78, 5) is 91.6. The fourth-order valence-corrected chi connectivity index (χ4v) is 5.93. The average molecular weight is 824 g/mol. The number of aliphatic imine (C=N–C) groups is 1. The first-order valence-electron chi connectivity index (χ1n) is 19.1. The van der Waals surface area contributed by atoms with Crippen molar-refractivity contribution in [1.29, 1.82) is 0 Å². The molecule has 2 rings (SSSR count).